The van der Waals surface area contributed by atoms with E-state index < -0.39 is 11.4 Å². The summed E-state index contributed by atoms with van der Waals surface area (Å²) >= 11 is 0. The normalized spacial score (nSPS) is 32.2. The van der Waals surface area contributed by atoms with Gasteiger partial charge < -0.3 is 10.2 Å². The van der Waals surface area contributed by atoms with Crippen molar-refractivity contribution in [1.82, 2.24) is 0 Å². The molecule has 0 aliphatic heterocycles. The SMILES string of the molecule is CCC(C)(C(=O)O)[C@H]1CC[C@H](O)CC1. The van der Waals surface area contributed by atoms with Gasteiger partial charge >= 0.3 is 5.97 Å². The van der Waals surface area contributed by atoms with Gasteiger partial charge in [-0.1, -0.05) is 6.92 Å². The second kappa shape index (κ2) is 4.30. The molecule has 0 radical (unpaired) electrons. The van der Waals surface area contributed by atoms with E-state index in [1.165, 1.54) is 0 Å². The highest BCUT2D eigenvalue weighted by molar-refractivity contribution is 5.74. The summed E-state index contributed by atoms with van der Waals surface area (Å²) in [6.45, 7) is 3.76. The first-order chi connectivity index (χ1) is 6.50. The van der Waals surface area contributed by atoms with Gasteiger partial charge in [0.2, 0.25) is 0 Å². The Balaban J connectivity index is 2.66. The van der Waals surface area contributed by atoms with Gasteiger partial charge in [-0.2, -0.15) is 0 Å². The predicted molar refractivity (Wildman–Crippen MR) is 54.0 cm³/mol. The zero-order chi connectivity index (χ0) is 10.8. The number of aliphatic carboxylic acids is 1. The molecule has 1 unspecified atom stereocenters. The number of hydrogen-bond donors (Lipinski definition) is 2. The van der Waals surface area contributed by atoms with Crippen molar-refractivity contribution in [1.29, 1.82) is 0 Å². The van der Waals surface area contributed by atoms with Crippen LogP contribution in [0.5, 0.6) is 0 Å². The number of carboxylic acid groups (broad SMARTS) is 1. The van der Waals surface area contributed by atoms with Gasteiger partial charge in [-0.05, 0) is 44.9 Å². The molecule has 3 heteroatoms. The van der Waals surface area contributed by atoms with Crippen molar-refractivity contribution in [2.75, 3.05) is 0 Å². The van der Waals surface area contributed by atoms with Crippen molar-refractivity contribution in [3.63, 3.8) is 0 Å². The lowest BCUT2D eigenvalue weighted by atomic mass is 9.68. The molecule has 1 rings (SSSR count). The van der Waals surface area contributed by atoms with Gasteiger partial charge in [0, 0.05) is 0 Å². The average molecular weight is 200 g/mol. The molecular formula is C11H20O3. The molecule has 0 saturated heterocycles. The topological polar surface area (TPSA) is 57.5 Å². The number of aliphatic hydroxyl groups excluding tert-OH is 1. The fourth-order valence-corrected chi connectivity index (χ4v) is 2.33. The maximum Gasteiger partial charge on any atom is 0.309 e. The molecule has 1 saturated carbocycles. The van der Waals surface area contributed by atoms with Gasteiger partial charge in [0.05, 0.1) is 11.5 Å². The zero-order valence-electron chi connectivity index (χ0n) is 8.99. The molecule has 82 valence electrons. The Morgan fingerprint density at radius 1 is 1.36 bits per heavy atom. The fourth-order valence-electron chi connectivity index (χ4n) is 2.33. The van der Waals surface area contributed by atoms with E-state index in [4.69, 9.17) is 0 Å². The molecule has 2 N–H and O–H groups in total. The Kier molecular flexibility index (Phi) is 3.53. The van der Waals surface area contributed by atoms with Gasteiger partial charge in [-0.25, -0.2) is 0 Å². The van der Waals surface area contributed by atoms with E-state index in [0.717, 1.165) is 25.7 Å². The quantitative estimate of drug-likeness (QED) is 0.733. The molecule has 0 aromatic heterocycles. The van der Waals surface area contributed by atoms with Gasteiger partial charge in [0.25, 0.3) is 0 Å². The third-order valence-electron chi connectivity index (χ3n) is 3.82. The number of carboxylic acids is 1. The first-order valence-corrected chi connectivity index (χ1v) is 5.42. The van der Waals surface area contributed by atoms with Crippen molar-refractivity contribution in [2.24, 2.45) is 11.3 Å². The summed E-state index contributed by atoms with van der Waals surface area (Å²) in [5, 5.41) is 18.5. The molecule has 1 aliphatic rings. The standard InChI is InChI=1S/C11H20O3/c1-3-11(2,10(13)14)8-4-6-9(12)7-5-8/h8-9,12H,3-7H2,1-2H3,(H,13,14)/t8-,9-,11?. The van der Waals surface area contributed by atoms with E-state index >= 15 is 0 Å². The molecule has 14 heavy (non-hydrogen) atoms. The minimum atomic E-state index is -0.693. The summed E-state index contributed by atoms with van der Waals surface area (Å²) in [5.74, 6) is -0.463. The Labute approximate surface area is 85.1 Å². The van der Waals surface area contributed by atoms with Crippen LogP contribution in [0.1, 0.15) is 46.0 Å². The summed E-state index contributed by atoms with van der Waals surface area (Å²) in [5.41, 5.74) is -0.597. The highest BCUT2D eigenvalue weighted by atomic mass is 16.4. The third-order valence-corrected chi connectivity index (χ3v) is 3.82. The van der Waals surface area contributed by atoms with E-state index in [1.807, 2.05) is 13.8 Å². The van der Waals surface area contributed by atoms with Crippen molar-refractivity contribution >= 4 is 5.97 Å². The highest BCUT2D eigenvalue weighted by Crippen LogP contribution is 2.41. The molecule has 0 bridgehead atoms. The van der Waals surface area contributed by atoms with Crippen LogP contribution in [-0.2, 0) is 4.79 Å². The van der Waals surface area contributed by atoms with Crippen LogP contribution >= 0.6 is 0 Å². The average Bonchev–Trinajstić information content (AvgIpc) is 2.17. The molecule has 1 fully saturated rings. The van der Waals surface area contributed by atoms with Crippen molar-refractivity contribution in [2.45, 2.75) is 52.1 Å². The minimum absolute atomic E-state index is 0.207. The van der Waals surface area contributed by atoms with Gasteiger partial charge in [0.1, 0.15) is 0 Å². The van der Waals surface area contributed by atoms with Crippen LogP contribution < -0.4 is 0 Å². The first-order valence-electron chi connectivity index (χ1n) is 5.42. The van der Waals surface area contributed by atoms with Crippen LogP contribution in [0.2, 0.25) is 0 Å². The summed E-state index contributed by atoms with van der Waals surface area (Å²) in [6, 6.07) is 0. The van der Waals surface area contributed by atoms with E-state index in [0.29, 0.717) is 6.42 Å². The number of hydrogen-bond acceptors (Lipinski definition) is 2. The maximum absolute atomic E-state index is 11.2. The summed E-state index contributed by atoms with van der Waals surface area (Å²) < 4.78 is 0. The van der Waals surface area contributed by atoms with Crippen LogP contribution in [0.3, 0.4) is 0 Å². The van der Waals surface area contributed by atoms with Crippen molar-refractivity contribution < 1.29 is 15.0 Å². The molecule has 0 amide bonds. The lowest BCUT2D eigenvalue weighted by molar-refractivity contribution is -0.153. The molecule has 0 aromatic carbocycles. The minimum Gasteiger partial charge on any atom is -0.481 e. The Morgan fingerprint density at radius 3 is 2.21 bits per heavy atom. The van der Waals surface area contributed by atoms with Crippen LogP contribution in [0.4, 0.5) is 0 Å². The molecule has 1 atom stereocenters. The lowest BCUT2D eigenvalue weighted by Crippen LogP contribution is -2.38. The van der Waals surface area contributed by atoms with E-state index in [1.54, 1.807) is 0 Å². The van der Waals surface area contributed by atoms with Crippen LogP contribution in [0, 0.1) is 11.3 Å². The largest absolute Gasteiger partial charge is 0.481 e. The van der Waals surface area contributed by atoms with E-state index in [-0.39, 0.29) is 12.0 Å². The van der Waals surface area contributed by atoms with Crippen molar-refractivity contribution in [3.05, 3.63) is 0 Å². The summed E-state index contributed by atoms with van der Waals surface area (Å²) in [7, 11) is 0. The second-order valence-electron chi connectivity index (χ2n) is 4.58. The predicted octanol–water partition coefficient (Wildman–Crippen LogP) is 2.04. The fraction of sp³-hybridized carbons (Fsp3) is 0.909. The Bertz CT molecular complexity index is 207. The van der Waals surface area contributed by atoms with E-state index in [2.05, 4.69) is 0 Å². The van der Waals surface area contributed by atoms with Crippen LogP contribution in [0.25, 0.3) is 0 Å². The Morgan fingerprint density at radius 2 is 1.86 bits per heavy atom. The maximum atomic E-state index is 11.2. The molecule has 1 aliphatic carbocycles. The van der Waals surface area contributed by atoms with Crippen LogP contribution in [-0.4, -0.2) is 22.3 Å². The summed E-state index contributed by atoms with van der Waals surface area (Å²) in [6.07, 6.45) is 3.67. The molecule has 0 heterocycles. The smallest absolute Gasteiger partial charge is 0.309 e. The summed E-state index contributed by atoms with van der Waals surface area (Å²) in [4.78, 5) is 11.2. The van der Waals surface area contributed by atoms with Gasteiger partial charge in [-0.3, -0.25) is 4.79 Å². The van der Waals surface area contributed by atoms with Gasteiger partial charge in [0.15, 0.2) is 0 Å². The second-order valence-corrected chi connectivity index (χ2v) is 4.58. The highest BCUT2D eigenvalue weighted by Gasteiger charge is 2.41. The molecule has 0 spiro atoms. The molecule has 0 aromatic rings. The zero-order valence-corrected chi connectivity index (χ0v) is 8.99. The van der Waals surface area contributed by atoms with Crippen molar-refractivity contribution in [3.8, 4) is 0 Å². The number of aliphatic hydroxyl groups is 1. The van der Waals surface area contributed by atoms with Gasteiger partial charge in [-0.15, -0.1) is 0 Å². The lowest BCUT2D eigenvalue weighted by Gasteiger charge is -2.37. The Hall–Kier alpha value is -0.570. The third kappa shape index (κ3) is 2.08. The molecular weight excluding hydrogens is 180 g/mol. The number of rotatable bonds is 3. The number of carbonyl (C=O) groups is 1. The molecule has 3 nitrogen and oxygen atoms in total. The first kappa shape index (κ1) is 11.5. The van der Waals surface area contributed by atoms with E-state index in [9.17, 15) is 15.0 Å². The van der Waals surface area contributed by atoms with Crippen LogP contribution in [0.15, 0.2) is 0 Å². The monoisotopic (exact) mass is 200 g/mol.